The van der Waals surface area contributed by atoms with Gasteiger partial charge in [0.05, 0.1) is 5.69 Å². The first-order valence-electron chi connectivity index (χ1n) is 3.98. The fraction of sp³-hybridized carbons (Fsp3) is 0. The van der Waals surface area contributed by atoms with Crippen LogP contribution < -0.4 is 0 Å². The van der Waals surface area contributed by atoms with Crippen molar-refractivity contribution in [3.05, 3.63) is 36.9 Å². The SMILES string of the molecule is O=S(=O)(Cl)c1ccccc1-n1cnnc1. The zero-order chi connectivity index (χ0) is 10.9. The highest BCUT2D eigenvalue weighted by molar-refractivity contribution is 8.13. The lowest BCUT2D eigenvalue weighted by molar-refractivity contribution is 0.609. The fourth-order valence-corrected chi connectivity index (χ4v) is 2.26. The number of nitrogens with zero attached hydrogens (tertiary/aromatic N) is 3. The summed E-state index contributed by atoms with van der Waals surface area (Å²) in [5.74, 6) is 0. The maximum absolute atomic E-state index is 11.3. The molecule has 7 heteroatoms. The van der Waals surface area contributed by atoms with E-state index in [9.17, 15) is 8.42 Å². The summed E-state index contributed by atoms with van der Waals surface area (Å²) in [6, 6.07) is 6.36. The standard InChI is InChI=1S/C8H6ClN3O2S/c9-15(13,14)8-4-2-1-3-7(8)12-5-10-11-6-12/h1-6H. The predicted octanol–water partition coefficient (Wildman–Crippen LogP) is 1.19. The second-order valence-corrected chi connectivity index (χ2v) is 5.31. The first-order chi connectivity index (χ1) is 7.09. The molecule has 2 aromatic rings. The first kappa shape index (κ1) is 10.1. The second kappa shape index (κ2) is 3.63. The van der Waals surface area contributed by atoms with Gasteiger partial charge in [0.2, 0.25) is 0 Å². The van der Waals surface area contributed by atoms with E-state index in [1.807, 2.05) is 0 Å². The summed E-state index contributed by atoms with van der Waals surface area (Å²) in [6.07, 6.45) is 2.81. The Bertz CT molecular complexity index is 565. The van der Waals surface area contributed by atoms with Crippen LogP contribution >= 0.6 is 10.7 Å². The van der Waals surface area contributed by atoms with E-state index in [1.54, 1.807) is 18.2 Å². The maximum atomic E-state index is 11.3. The van der Waals surface area contributed by atoms with Crippen molar-refractivity contribution in [1.82, 2.24) is 14.8 Å². The van der Waals surface area contributed by atoms with Crippen molar-refractivity contribution in [2.45, 2.75) is 4.90 Å². The molecule has 78 valence electrons. The van der Waals surface area contributed by atoms with Crippen molar-refractivity contribution in [1.29, 1.82) is 0 Å². The van der Waals surface area contributed by atoms with Gasteiger partial charge in [-0.05, 0) is 12.1 Å². The molecule has 0 unspecified atom stereocenters. The highest BCUT2D eigenvalue weighted by atomic mass is 35.7. The van der Waals surface area contributed by atoms with E-state index < -0.39 is 9.05 Å². The maximum Gasteiger partial charge on any atom is 0.263 e. The fourth-order valence-electron chi connectivity index (χ4n) is 1.20. The van der Waals surface area contributed by atoms with Crippen LogP contribution in [0.3, 0.4) is 0 Å². The summed E-state index contributed by atoms with van der Waals surface area (Å²) >= 11 is 0. The molecule has 1 heterocycles. The zero-order valence-corrected chi connectivity index (χ0v) is 8.98. The number of hydrogen-bond acceptors (Lipinski definition) is 4. The van der Waals surface area contributed by atoms with Crippen molar-refractivity contribution in [2.24, 2.45) is 0 Å². The average Bonchev–Trinajstić information content (AvgIpc) is 2.69. The monoisotopic (exact) mass is 243 g/mol. The number of rotatable bonds is 2. The molecule has 1 aromatic carbocycles. The van der Waals surface area contributed by atoms with Crippen LogP contribution in [0, 0.1) is 0 Å². The van der Waals surface area contributed by atoms with Gasteiger partial charge in [-0.2, -0.15) is 0 Å². The van der Waals surface area contributed by atoms with Gasteiger partial charge in [0.1, 0.15) is 17.6 Å². The average molecular weight is 244 g/mol. The lowest BCUT2D eigenvalue weighted by Crippen LogP contribution is -2.00. The molecule has 0 spiro atoms. The van der Waals surface area contributed by atoms with Crippen LogP contribution in [0.15, 0.2) is 41.8 Å². The molecule has 0 atom stereocenters. The van der Waals surface area contributed by atoms with Crippen LogP contribution in [-0.2, 0) is 9.05 Å². The van der Waals surface area contributed by atoms with Crippen LogP contribution in [0.2, 0.25) is 0 Å². The predicted molar refractivity (Wildman–Crippen MR) is 54.4 cm³/mol. The van der Waals surface area contributed by atoms with Crippen molar-refractivity contribution >= 4 is 19.7 Å². The van der Waals surface area contributed by atoms with E-state index in [0.29, 0.717) is 5.69 Å². The smallest absolute Gasteiger partial charge is 0.263 e. The van der Waals surface area contributed by atoms with Crippen LogP contribution in [0.4, 0.5) is 0 Å². The Balaban J connectivity index is 2.68. The number of aromatic nitrogens is 3. The normalized spacial score (nSPS) is 11.5. The molecule has 0 saturated heterocycles. The largest absolute Gasteiger partial charge is 0.287 e. The molecule has 0 amide bonds. The molecular weight excluding hydrogens is 238 g/mol. The van der Waals surface area contributed by atoms with Gasteiger partial charge in [-0.25, -0.2) is 8.42 Å². The Kier molecular flexibility index (Phi) is 2.45. The van der Waals surface area contributed by atoms with Gasteiger partial charge in [-0.1, -0.05) is 12.1 Å². The number of hydrogen-bond donors (Lipinski definition) is 0. The third-order valence-electron chi connectivity index (χ3n) is 1.82. The second-order valence-electron chi connectivity index (χ2n) is 2.77. The number of halogens is 1. The lowest BCUT2D eigenvalue weighted by Gasteiger charge is -2.05. The van der Waals surface area contributed by atoms with E-state index in [-0.39, 0.29) is 4.90 Å². The van der Waals surface area contributed by atoms with Gasteiger partial charge >= 0.3 is 0 Å². The van der Waals surface area contributed by atoms with Crippen molar-refractivity contribution in [3.63, 3.8) is 0 Å². The molecule has 1 aromatic heterocycles. The van der Waals surface area contributed by atoms with Gasteiger partial charge in [-0.3, -0.25) is 4.57 Å². The summed E-state index contributed by atoms with van der Waals surface area (Å²) in [5.41, 5.74) is 0.428. The van der Waals surface area contributed by atoms with Crippen LogP contribution in [0.5, 0.6) is 0 Å². The number of para-hydroxylation sites is 1. The Morgan fingerprint density at radius 2 is 1.73 bits per heavy atom. The minimum absolute atomic E-state index is 0.0338. The molecule has 0 aliphatic heterocycles. The molecule has 0 fully saturated rings. The molecule has 0 radical (unpaired) electrons. The van der Waals surface area contributed by atoms with Gasteiger partial charge in [0, 0.05) is 10.7 Å². The van der Waals surface area contributed by atoms with E-state index in [4.69, 9.17) is 10.7 Å². The van der Waals surface area contributed by atoms with Gasteiger partial charge in [0.25, 0.3) is 9.05 Å². The quantitative estimate of drug-likeness (QED) is 0.744. The van der Waals surface area contributed by atoms with E-state index in [1.165, 1.54) is 23.3 Å². The van der Waals surface area contributed by atoms with Crippen LogP contribution in [0.25, 0.3) is 5.69 Å². The minimum atomic E-state index is -3.76. The Morgan fingerprint density at radius 1 is 1.13 bits per heavy atom. The van der Waals surface area contributed by atoms with Gasteiger partial charge in [-0.15, -0.1) is 10.2 Å². The molecule has 0 N–H and O–H groups in total. The number of benzene rings is 1. The summed E-state index contributed by atoms with van der Waals surface area (Å²) < 4.78 is 24.0. The summed E-state index contributed by atoms with van der Waals surface area (Å²) in [7, 11) is 1.54. The molecule has 0 bridgehead atoms. The van der Waals surface area contributed by atoms with Crippen molar-refractivity contribution in [3.8, 4) is 5.69 Å². The minimum Gasteiger partial charge on any atom is -0.287 e. The highest BCUT2D eigenvalue weighted by Crippen LogP contribution is 2.22. The topological polar surface area (TPSA) is 64.8 Å². The van der Waals surface area contributed by atoms with Crippen LogP contribution in [-0.4, -0.2) is 23.2 Å². The zero-order valence-electron chi connectivity index (χ0n) is 7.41. The highest BCUT2D eigenvalue weighted by Gasteiger charge is 2.15. The molecule has 15 heavy (non-hydrogen) atoms. The Labute approximate surface area is 90.7 Å². The Morgan fingerprint density at radius 3 is 2.33 bits per heavy atom. The molecule has 2 rings (SSSR count). The Hall–Kier alpha value is -1.40. The summed E-state index contributed by atoms with van der Waals surface area (Å²) in [4.78, 5) is 0.0338. The van der Waals surface area contributed by atoms with Crippen molar-refractivity contribution in [2.75, 3.05) is 0 Å². The summed E-state index contributed by atoms with van der Waals surface area (Å²) in [5, 5.41) is 7.19. The van der Waals surface area contributed by atoms with Crippen LogP contribution in [0.1, 0.15) is 0 Å². The van der Waals surface area contributed by atoms with Gasteiger partial charge < -0.3 is 0 Å². The molecule has 0 aliphatic carbocycles. The van der Waals surface area contributed by atoms with Crippen molar-refractivity contribution < 1.29 is 8.42 Å². The summed E-state index contributed by atoms with van der Waals surface area (Å²) in [6.45, 7) is 0. The third kappa shape index (κ3) is 2.00. The third-order valence-corrected chi connectivity index (χ3v) is 3.19. The molecular formula is C8H6ClN3O2S. The van der Waals surface area contributed by atoms with Gasteiger partial charge in [0.15, 0.2) is 0 Å². The molecule has 0 saturated carbocycles. The first-order valence-corrected chi connectivity index (χ1v) is 6.28. The molecule has 0 aliphatic rings. The van der Waals surface area contributed by atoms with E-state index >= 15 is 0 Å². The van der Waals surface area contributed by atoms with E-state index in [2.05, 4.69) is 10.2 Å². The molecule has 5 nitrogen and oxygen atoms in total. The lowest BCUT2D eigenvalue weighted by atomic mass is 10.3. The van der Waals surface area contributed by atoms with E-state index in [0.717, 1.165) is 0 Å².